The van der Waals surface area contributed by atoms with Gasteiger partial charge in [-0.1, -0.05) is 0 Å². The first-order valence-corrected chi connectivity index (χ1v) is 11.4. The van der Waals surface area contributed by atoms with Gasteiger partial charge >= 0.3 is 15.2 Å². The van der Waals surface area contributed by atoms with E-state index in [1.54, 1.807) is 7.05 Å². The van der Waals surface area contributed by atoms with Gasteiger partial charge in [-0.2, -0.15) is 0 Å². The molecule has 12 heteroatoms. The molecule has 144 valence electrons. The highest BCUT2D eigenvalue weighted by Crippen LogP contribution is 2.45. The average molecular weight is 391 g/mol. The van der Waals surface area contributed by atoms with Crippen LogP contribution in [0, 0.1) is 0 Å². The van der Waals surface area contributed by atoms with E-state index >= 15 is 0 Å². The summed E-state index contributed by atoms with van der Waals surface area (Å²) >= 11 is 0. The summed E-state index contributed by atoms with van der Waals surface area (Å²) in [5.41, 5.74) is 0. The van der Waals surface area contributed by atoms with E-state index in [9.17, 15) is 28.7 Å². The fraction of sp³-hybridized carbons (Fsp3) is 1.00. The Labute approximate surface area is 142 Å². The molecule has 0 amide bonds. The van der Waals surface area contributed by atoms with Gasteiger partial charge in [-0.25, -0.2) is 0 Å². The van der Waals surface area contributed by atoms with Gasteiger partial charge in [-0.15, -0.1) is 0 Å². The summed E-state index contributed by atoms with van der Waals surface area (Å²) in [4.78, 5) is 39.5. The van der Waals surface area contributed by atoms with Crippen LogP contribution in [0.2, 0.25) is 0 Å². The molecule has 0 aromatic heterocycles. The Kier molecular flexibility index (Phi) is 8.99. The normalized spacial score (nSPS) is 23.0. The van der Waals surface area contributed by atoms with Crippen molar-refractivity contribution in [2.75, 3.05) is 65.8 Å². The van der Waals surface area contributed by atoms with Crippen LogP contribution < -0.4 is 0 Å². The monoisotopic (exact) mass is 391 g/mol. The zero-order valence-corrected chi connectivity index (χ0v) is 15.8. The Morgan fingerprint density at radius 1 is 0.917 bits per heavy atom. The molecule has 0 unspecified atom stereocenters. The Hall–Kier alpha value is 0.140. The first-order valence-electron chi connectivity index (χ1n) is 7.80. The molecule has 1 heterocycles. The van der Waals surface area contributed by atoms with Crippen LogP contribution in [-0.4, -0.2) is 94.8 Å². The quantitative estimate of drug-likeness (QED) is 0.379. The third-order valence-corrected chi connectivity index (χ3v) is 5.57. The highest BCUT2D eigenvalue weighted by Gasteiger charge is 2.41. The van der Waals surface area contributed by atoms with E-state index in [1.165, 1.54) is 0 Å². The first-order chi connectivity index (χ1) is 11.0. The summed E-state index contributed by atoms with van der Waals surface area (Å²) in [5, 5.41) is 0. The van der Waals surface area contributed by atoms with Gasteiger partial charge < -0.3 is 29.0 Å². The fourth-order valence-electron chi connectivity index (χ4n) is 2.97. The minimum atomic E-state index is -4.46. The van der Waals surface area contributed by atoms with Crippen molar-refractivity contribution in [2.45, 2.75) is 12.8 Å². The Morgan fingerprint density at radius 3 is 1.92 bits per heavy atom. The van der Waals surface area contributed by atoms with Crippen LogP contribution in [-0.2, 0) is 18.6 Å². The highest BCUT2D eigenvalue weighted by molar-refractivity contribution is 7.52. The summed E-state index contributed by atoms with van der Waals surface area (Å²) in [7, 11) is -7.16. The van der Waals surface area contributed by atoms with Crippen molar-refractivity contribution >= 4 is 15.2 Å². The Balaban J connectivity index is 2.99. The van der Waals surface area contributed by atoms with Crippen molar-refractivity contribution < 1.29 is 42.7 Å². The molecule has 4 N–H and O–H groups in total. The Bertz CT molecular complexity index is 442. The van der Waals surface area contributed by atoms with Gasteiger partial charge in [0.25, 0.3) is 0 Å². The van der Waals surface area contributed by atoms with Gasteiger partial charge in [0.1, 0.15) is 6.67 Å². The third-order valence-electron chi connectivity index (χ3n) is 3.63. The number of quaternary nitrogens is 1. The maximum Gasteiger partial charge on any atom is 0.379 e. The summed E-state index contributed by atoms with van der Waals surface area (Å²) in [6.07, 6.45) is -0.0753. The van der Waals surface area contributed by atoms with Crippen molar-refractivity contribution in [2.24, 2.45) is 0 Å². The van der Waals surface area contributed by atoms with Gasteiger partial charge in [0.15, 0.2) is 12.6 Å². The van der Waals surface area contributed by atoms with Gasteiger partial charge in [0.05, 0.1) is 26.4 Å². The SMILES string of the molecule is CN1CCCOCCOCCC[N+](CP(=O)(O)O)(CP(=O)(O)O)C1. The average Bonchev–Trinajstić information content (AvgIpc) is 2.37. The fourth-order valence-corrected chi connectivity index (χ4v) is 5.35. The molecule has 1 saturated heterocycles. The van der Waals surface area contributed by atoms with E-state index < -0.39 is 27.8 Å². The molecule has 1 aliphatic heterocycles. The lowest BCUT2D eigenvalue weighted by Crippen LogP contribution is -2.55. The number of rotatable bonds is 4. The highest BCUT2D eigenvalue weighted by atomic mass is 31.2. The van der Waals surface area contributed by atoms with E-state index in [0.29, 0.717) is 45.8 Å². The molecule has 0 aliphatic carbocycles. The van der Waals surface area contributed by atoms with Gasteiger partial charge in [0.2, 0.25) is 0 Å². The van der Waals surface area contributed by atoms with Gasteiger partial charge in [-0.05, 0) is 13.5 Å². The summed E-state index contributed by atoms with van der Waals surface area (Å²) in [6, 6.07) is 0. The predicted molar refractivity (Wildman–Crippen MR) is 87.3 cm³/mol. The van der Waals surface area contributed by atoms with Crippen molar-refractivity contribution in [3.8, 4) is 0 Å². The molecule has 1 aliphatic rings. The molecule has 0 aromatic rings. The van der Waals surface area contributed by atoms with E-state index in [0.717, 1.165) is 0 Å². The lowest BCUT2D eigenvalue weighted by Gasteiger charge is -2.41. The lowest BCUT2D eigenvalue weighted by molar-refractivity contribution is -0.918. The van der Waals surface area contributed by atoms with E-state index in [2.05, 4.69) is 0 Å². The molecule has 0 saturated carbocycles. The van der Waals surface area contributed by atoms with Crippen molar-refractivity contribution in [1.82, 2.24) is 4.90 Å². The van der Waals surface area contributed by atoms with Crippen molar-refractivity contribution in [3.05, 3.63) is 0 Å². The van der Waals surface area contributed by atoms with Crippen LogP contribution in [0.15, 0.2) is 0 Å². The summed E-state index contributed by atoms with van der Waals surface area (Å²) in [6.45, 7) is 2.72. The maximum atomic E-state index is 11.6. The van der Waals surface area contributed by atoms with E-state index in [1.807, 2.05) is 4.90 Å². The molecule has 1 rings (SSSR count). The van der Waals surface area contributed by atoms with Crippen LogP contribution in [0.1, 0.15) is 12.8 Å². The smallest absolute Gasteiger partial charge is 0.379 e. The van der Waals surface area contributed by atoms with Crippen molar-refractivity contribution in [1.29, 1.82) is 0 Å². The molecular formula is C12H29N2O8P2+. The van der Waals surface area contributed by atoms with Crippen LogP contribution >= 0.6 is 15.2 Å². The second-order valence-corrected chi connectivity index (χ2v) is 9.55. The van der Waals surface area contributed by atoms with Crippen molar-refractivity contribution in [3.63, 3.8) is 0 Å². The topological polar surface area (TPSA) is 137 Å². The minimum absolute atomic E-state index is 0.135. The molecule has 24 heavy (non-hydrogen) atoms. The lowest BCUT2D eigenvalue weighted by atomic mass is 10.3. The zero-order valence-electron chi connectivity index (χ0n) is 14.0. The van der Waals surface area contributed by atoms with Gasteiger partial charge in [-0.3, -0.25) is 18.5 Å². The first kappa shape index (κ1) is 22.2. The van der Waals surface area contributed by atoms with Crippen LogP contribution in [0.25, 0.3) is 0 Å². The van der Waals surface area contributed by atoms with Crippen LogP contribution in [0.5, 0.6) is 0 Å². The second-order valence-electron chi connectivity index (χ2n) is 6.33. The molecule has 10 nitrogen and oxygen atoms in total. The number of hydrogen-bond acceptors (Lipinski definition) is 5. The maximum absolute atomic E-state index is 11.6. The molecule has 0 radical (unpaired) electrons. The zero-order chi connectivity index (χ0) is 18.3. The molecule has 0 bridgehead atoms. The summed E-state index contributed by atoms with van der Waals surface area (Å²) < 4.78 is 33.6. The van der Waals surface area contributed by atoms with Crippen LogP contribution in [0.4, 0.5) is 0 Å². The number of hydrogen-bond donors (Lipinski definition) is 4. The molecule has 0 aromatic carbocycles. The third kappa shape index (κ3) is 10.2. The minimum Gasteiger partial charge on any atom is -0.379 e. The largest absolute Gasteiger partial charge is 0.379 e. The molecule has 0 atom stereocenters. The molecule has 0 spiro atoms. The molecular weight excluding hydrogens is 362 g/mol. The summed E-state index contributed by atoms with van der Waals surface area (Å²) in [5.74, 6) is 0. The second kappa shape index (κ2) is 9.73. The van der Waals surface area contributed by atoms with Gasteiger partial charge in [0, 0.05) is 19.6 Å². The number of ether oxygens (including phenoxy) is 2. The molecule has 1 fully saturated rings. The van der Waals surface area contributed by atoms with E-state index in [-0.39, 0.29) is 17.7 Å². The van der Waals surface area contributed by atoms with E-state index in [4.69, 9.17) is 9.47 Å². The standard InChI is InChI=1S/C12H28N2O8P2/c1-13-4-2-6-21-8-9-22-7-3-5-14(10-13,11-23(15,16)17)12-24(18,19)20/h2-12H2,1H3,(H3-,15,16,17,18,19,20)/p+1. The number of nitrogens with zero attached hydrogens (tertiary/aromatic N) is 2. The van der Waals surface area contributed by atoms with Crippen LogP contribution in [0.3, 0.4) is 0 Å². The predicted octanol–water partition coefficient (Wildman–Crippen LogP) is -0.210. The Morgan fingerprint density at radius 2 is 1.42 bits per heavy atom.